The van der Waals surface area contributed by atoms with Crippen molar-refractivity contribution in [1.82, 2.24) is 20.5 Å². The first-order chi connectivity index (χ1) is 11.9. The summed E-state index contributed by atoms with van der Waals surface area (Å²) in [5.74, 6) is 1.42. The van der Waals surface area contributed by atoms with Gasteiger partial charge >= 0.3 is 6.09 Å². The van der Waals surface area contributed by atoms with Crippen LogP contribution < -0.4 is 15.4 Å². The number of amides is 1. The Morgan fingerprint density at radius 1 is 1.42 bits per heavy atom. The first-order valence-corrected chi connectivity index (χ1v) is 8.35. The second-order valence-corrected chi connectivity index (χ2v) is 6.76. The van der Waals surface area contributed by atoms with E-state index >= 15 is 0 Å². The SMILES string of the molecule is CN=C(NCCOc1cccnc1)NC1CN(C(=O)OC(C)(C)C)C1.I. The van der Waals surface area contributed by atoms with E-state index in [0.717, 1.165) is 5.75 Å². The van der Waals surface area contributed by atoms with Crippen LogP contribution >= 0.6 is 24.0 Å². The van der Waals surface area contributed by atoms with Crippen molar-refractivity contribution in [2.45, 2.75) is 32.4 Å². The molecule has 0 bridgehead atoms. The van der Waals surface area contributed by atoms with E-state index in [1.807, 2.05) is 32.9 Å². The van der Waals surface area contributed by atoms with Crippen LogP contribution in [0.15, 0.2) is 29.5 Å². The molecule has 0 aromatic carbocycles. The number of likely N-dealkylation sites (tertiary alicyclic amines) is 1. The van der Waals surface area contributed by atoms with Gasteiger partial charge in [-0.3, -0.25) is 9.98 Å². The second kappa shape index (κ2) is 10.4. The zero-order valence-electron chi connectivity index (χ0n) is 15.7. The van der Waals surface area contributed by atoms with E-state index in [-0.39, 0.29) is 36.1 Å². The molecule has 1 aromatic heterocycles. The van der Waals surface area contributed by atoms with Crippen LogP contribution in [0.3, 0.4) is 0 Å². The van der Waals surface area contributed by atoms with Crippen LogP contribution in [0.2, 0.25) is 0 Å². The molecule has 8 nitrogen and oxygen atoms in total. The summed E-state index contributed by atoms with van der Waals surface area (Å²) in [6.07, 6.45) is 3.10. The van der Waals surface area contributed by atoms with Crippen molar-refractivity contribution in [3.05, 3.63) is 24.5 Å². The lowest BCUT2D eigenvalue weighted by molar-refractivity contribution is 0.00701. The average Bonchev–Trinajstić information content (AvgIpc) is 2.51. The number of nitrogens with one attached hydrogen (secondary N) is 2. The van der Waals surface area contributed by atoms with Crippen molar-refractivity contribution >= 4 is 36.0 Å². The van der Waals surface area contributed by atoms with Crippen molar-refractivity contribution in [2.24, 2.45) is 4.99 Å². The van der Waals surface area contributed by atoms with Gasteiger partial charge in [0, 0.05) is 26.3 Å². The third-order valence-corrected chi connectivity index (χ3v) is 3.40. The van der Waals surface area contributed by atoms with Gasteiger partial charge in [-0.1, -0.05) is 0 Å². The van der Waals surface area contributed by atoms with Gasteiger partial charge in [-0.15, -0.1) is 24.0 Å². The van der Waals surface area contributed by atoms with Crippen LogP contribution in [-0.2, 0) is 4.74 Å². The molecule has 1 aromatic rings. The molecule has 0 spiro atoms. The van der Waals surface area contributed by atoms with Crippen LogP contribution in [0.25, 0.3) is 0 Å². The first-order valence-electron chi connectivity index (χ1n) is 8.35. The van der Waals surface area contributed by atoms with Gasteiger partial charge in [0.15, 0.2) is 5.96 Å². The standard InChI is InChI=1S/C17H27N5O3.HI/c1-17(2,3)25-16(23)22-11-13(12-22)21-15(18-4)20-8-9-24-14-6-5-7-19-10-14;/h5-7,10,13H,8-9,11-12H2,1-4H3,(H2,18,20,21);1H. The number of hydrogen-bond acceptors (Lipinski definition) is 5. The van der Waals surface area contributed by atoms with Gasteiger partial charge in [0.25, 0.3) is 0 Å². The van der Waals surface area contributed by atoms with E-state index in [2.05, 4.69) is 20.6 Å². The third kappa shape index (κ3) is 7.63. The molecular weight excluding hydrogens is 449 g/mol. The summed E-state index contributed by atoms with van der Waals surface area (Å²) in [6.45, 7) is 7.89. The maximum atomic E-state index is 11.9. The summed E-state index contributed by atoms with van der Waals surface area (Å²) in [5.41, 5.74) is -0.471. The van der Waals surface area contributed by atoms with Crippen molar-refractivity contribution in [2.75, 3.05) is 33.3 Å². The van der Waals surface area contributed by atoms with E-state index in [9.17, 15) is 4.79 Å². The zero-order valence-corrected chi connectivity index (χ0v) is 18.0. The molecule has 146 valence electrons. The number of hydrogen-bond donors (Lipinski definition) is 2. The number of carbonyl (C=O) groups excluding carboxylic acids is 1. The molecule has 1 aliphatic rings. The summed E-state index contributed by atoms with van der Waals surface area (Å²) in [5, 5.41) is 6.45. The zero-order chi connectivity index (χ0) is 18.3. The Morgan fingerprint density at radius 2 is 2.15 bits per heavy atom. The van der Waals surface area contributed by atoms with Crippen molar-refractivity contribution in [1.29, 1.82) is 0 Å². The Kier molecular flexibility index (Phi) is 8.89. The molecule has 0 aliphatic carbocycles. The normalized spacial score (nSPS) is 14.8. The molecule has 1 saturated heterocycles. The average molecular weight is 477 g/mol. The molecule has 0 unspecified atom stereocenters. The Balaban J connectivity index is 0.00000338. The second-order valence-electron chi connectivity index (χ2n) is 6.76. The van der Waals surface area contributed by atoms with Gasteiger partial charge in [0.1, 0.15) is 18.0 Å². The fraction of sp³-hybridized carbons (Fsp3) is 0.588. The van der Waals surface area contributed by atoms with Crippen LogP contribution in [0.4, 0.5) is 4.79 Å². The van der Waals surface area contributed by atoms with E-state index in [0.29, 0.717) is 32.2 Å². The fourth-order valence-electron chi connectivity index (χ4n) is 2.20. The molecule has 9 heteroatoms. The summed E-state index contributed by atoms with van der Waals surface area (Å²) in [7, 11) is 1.71. The van der Waals surface area contributed by atoms with E-state index in [1.54, 1.807) is 24.3 Å². The number of ether oxygens (including phenoxy) is 2. The largest absolute Gasteiger partial charge is 0.490 e. The van der Waals surface area contributed by atoms with Gasteiger partial charge < -0.3 is 25.0 Å². The summed E-state index contributed by atoms with van der Waals surface area (Å²) >= 11 is 0. The van der Waals surface area contributed by atoms with Crippen LogP contribution in [0, 0.1) is 0 Å². The Labute approximate surface area is 171 Å². The molecule has 0 atom stereocenters. The molecule has 0 saturated carbocycles. The van der Waals surface area contributed by atoms with Crippen molar-refractivity contribution in [3.63, 3.8) is 0 Å². The predicted octanol–water partition coefficient (Wildman–Crippen LogP) is 1.86. The Bertz CT molecular complexity index is 586. The highest BCUT2D eigenvalue weighted by molar-refractivity contribution is 14.0. The lowest BCUT2D eigenvalue weighted by Crippen LogP contribution is -2.63. The minimum atomic E-state index is -0.471. The number of aromatic nitrogens is 1. The van der Waals surface area contributed by atoms with Gasteiger partial charge in [-0.05, 0) is 32.9 Å². The predicted molar refractivity (Wildman–Crippen MR) is 111 cm³/mol. The summed E-state index contributed by atoms with van der Waals surface area (Å²) in [6, 6.07) is 3.86. The molecule has 1 fully saturated rings. The van der Waals surface area contributed by atoms with Crippen molar-refractivity contribution < 1.29 is 14.3 Å². The molecule has 0 radical (unpaired) electrons. The number of carbonyl (C=O) groups is 1. The molecule has 1 aliphatic heterocycles. The third-order valence-electron chi connectivity index (χ3n) is 3.40. The molecule has 2 rings (SSSR count). The van der Waals surface area contributed by atoms with Crippen LogP contribution in [-0.4, -0.2) is 66.9 Å². The molecule has 26 heavy (non-hydrogen) atoms. The minimum absolute atomic E-state index is 0. The highest BCUT2D eigenvalue weighted by Crippen LogP contribution is 2.15. The van der Waals surface area contributed by atoms with Crippen LogP contribution in [0.5, 0.6) is 5.75 Å². The van der Waals surface area contributed by atoms with E-state index in [4.69, 9.17) is 9.47 Å². The fourth-order valence-corrected chi connectivity index (χ4v) is 2.20. The number of rotatable bonds is 5. The topological polar surface area (TPSA) is 88.1 Å². The van der Waals surface area contributed by atoms with E-state index < -0.39 is 5.60 Å². The summed E-state index contributed by atoms with van der Waals surface area (Å²) < 4.78 is 10.9. The van der Waals surface area contributed by atoms with Gasteiger partial charge in [0.2, 0.25) is 0 Å². The highest BCUT2D eigenvalue weighted by Gasteiger charge is 2.34. The van der Waals surface area contributed by atoms with Gasteiger partial charge in [-0.2, -0.15) is 0 Å². The minimum Gasteiger partial charge on any atom is -0.490 e. The highest BCUT2D eigenvalue weighted by atomic mass is 127. The number of guanidine groups is 1. The van der Waals surface area contributed by atoms with Crippen LogP contribution in [0.1, 0.15) is 20.8 Å². The molecule has 2 heterocycles. The Hall–Kier alpha value is -1.78. The smallest absolute Gasteiger partial charge is 0.410 e. The quantitative estimate of drug-likeness (QED) is 0.292. The van der Waals surface area contributed by atoms with Gasteiger partial charge in [-0.25, -0.2) is 4.79 Å². The van der Waals surface area contributed by atoms with Crippen molar-refractivity contribution in [3.8, 4) is 5.75 Å². The maximum absolute atomic E-state index is 11.9. The molecule has 1 amide bonds. The molecular formula is C17H28IN5O3. The Morgan fingerprint density at radius 3 is 2.73 bits per heavy atom. The monoisotopic (exact) mass is 477 g/mol. The maximum Gasteiger partial charge on any atom is 0.410 e. The number of halogens is 1. The first kappa shape index (κ1) is 22.3. The molecule has 2 N–H and O–H groups in total. The number of nitrogens with zero attached hydrogens (tertiary/aromatic N) is 3. The lowest BCUT2D eigenvalue weighted by Gasteiger charge is -2.40. The van der Waals surface area contributed by atoms with Gasteiger partial charge in [0.05, 0.1) is 18.8 Å². The summed E-state index contributed by atoms with van der Waals surface area (Å²) in [4.78, 5) is 21.7. The lowest BCUT2D eigenvalue weighted by atomic mass is 10.1. The number of pyridine rings is 1. The van der Waals surface area contributed by atoms with E-state index in [1.165, 1.54) is 0 Å². The number of aliphatic imine (C=N–C) groups is 1.